The van der Waals surface area contributed by atoms with Crippen LogP contribution in [0.5, 0.6) is 0 Å². The minimum Gasteiger partial charge on any atom is -0.322 e. The maximum absolute atomic E-state index is 13.1. The van der Waals surface area contributed by atoms with Crippen molar-refractivity contribution in [3.05, 3.63) is 46.8 Å². The van der Waals surface area contributed by atoms with Gasteiger partial charge in [-0.15, -0.1) is 0 Å². The quantitative estimate of drug-likeness (QED) is 0.883. The molecule has 2 bridgehead atoms. The van der Waals surface area contributed by atoms with Gasteiger partial charge in [0.25, 0.3) is 12.3 Å². The summed E-state index contributed by atoms with van der Waals surface area (Å²) in [6.07, 6.45) is 0.928. The third-order valence-electron chi connectivity index (χ3n) is 5.94. The molecule has 0 aliphatic heterocycles. The average molecular weight is 345 g/mol. The second-order valence-electron chi connectivity index (χ2n) is 7.70. The van der Waals surface area contributed by atoms with Gasteiger partial charge >= 0.3 is 0 Å². The zero-order chi connectivity index (χ0) is 17.9. The summed E-state index contributed by atoms with van der Waals surface area (Å²) in [5.74, 6) is 0.520. The highest BCUT2D eigenvalue weighted by molar-refractivity contribution is 6.05. The van der Waals surface area contributed by atoms with Crippen LogP contribution < -0.4 is 5.32 Å². The van der Waals surface area contributed by atoms with Gasteiger partial charge in [0.2, 0.25) is 0 Å². The molecule has 1 aromatic carbocycles. The van der Waals surface area contributed by atoms with Crippen LogP contribution >= 0.6 is 0 Å². The Morgan fingerprint density at radius 1 is 1.28 bits per heavy atom. The molecule has 1 N–H and O–H groups in total. The largest absolute Gasteiger partial charge is 0.322 e. The average Bonchev–Trinajstić information content (AvgIpc) is 3.14. The van der Waals surface area contributed by atoms with Crippen LogP contribution in [0.4, 0.5) is 14.5 Å². The van der Waals surface area contributed by atoms with Crippen LogP contribution in [0.15, 0.2) is 24.4 Å². The van der Waals surface area contributed by atoms with Crippen molar-refractivity contribution in [3.63, 3.8) is 0 Å². The third kappa shape index (κ3) is 2.38. The number of hydrogen-bond acceptors (Lipinski definition) is 2. The van der Waals surface area contributed by atoms with Crippen molar-refractivity contribution in [1.82, 2.24) is 9.78 Å². The van der Waals surface area contributed by atoms with Gasteiger partial charge in [0.15, 0.2) is 0 Å². The SMILES string of the molecule is Cn1cc(C(=O)Nc2ccc3c(c2)C2CCC3C2(C)C)c(C(F)F)n1. The molecule has 0 radical (unpaired) electrons. The Kier molecular flexibility index (Phi) is 3.49. The van der Waals surface area contributed by atoms with Crippen molar-refractivity contribution < 1.29 is 13.6 Å². The third-order valence-corrected chi connectivity index (χ3v) is 5.94. The maximum atomic E-state index is 13.1. The molecule has 4 rings (SSSR count). The van der Waals surface area contributed by atoms with E-state index in [1.165, 1.54) is 41.9 Å². The summed E-state index contributed by atoms with van der Waals surface area (Å²) in [6, 6.07) is 5.96. The summed E-state index contributed by atoms with van der Waals surface area (Å²) >= 11 is 0. The molecule has 1 amide bonds. The van der Waals surface area contributed by atoms with Crippen LogP contribution in [-0.4, -0.2) is 15.7 Å². The minimum atomic E-state index is -2.78. The second-order valence-corrected chi connectivity index (χ2v) is 7.70. The summed E-state index contributed by atoms with van der Waals surface area (Å²) in [4.78, 5) is 12.4. The molecule has 1 heterocycles. The molecule has 2 unspecified atom stereocenters. The number of nitrogens with one attached hydrogen (secondary N) is 1. The molecule has 132 valence electrons. The molecular weight excluding hydrogens is 324 g/mol. The van der Waals surface area contributed by atoms with E-state index >= 15 is 0 Å². The smallest absolute Gasteiger partial charge is 0.282 e. The summed E-state index contributed by atoms with van der Waals surface area (Å²) in [5.41, 5.74) is 2.99. The molecule has 1 fully saturated rings. The van der Waals surface area contributed by atoms with E-state index in [1.54, 1.807) is 0 Å². The first kappa shape index (κ1) is 16.2. The lowest BCUT2D eigenvalue weighted by molar-refractivity contribution is 0.101. The van der Waals surface area contributed by atoms with Crippen molar-refractivity contribution in [2.45, 2.75) is 45.0 Å². The number of aryl methyl sites for hydroxylation is 1. The number of nitrogens with zero attached hydrogens (tertiary/aromatic N) is 2. The van der Waals surface area contributed by atoms with Gasteiger partial charge in [0.1, 0.15) is 5.69 Å². The number of fused-ring (bicyclic) bond motifs is 5. The Labute approximate surface area is 145 Å². The number of benzene rings is 1. The molecule has 0 spiro atoms. The molecule has 2 aromatic rings. The fourth-order valence-electron chi connectivity index (χ4n) is 4.74. The Bertz CT molecular complexity index is 856. The van der Waals surface area contributed by atoms with Crippen LogP contribution in [0, 0.1) is 5.41 Å². The monoisotopic (exact) mass is 345 g/mol. The molecule has 25 heavy (non-hydrogen) atoms. The predicted octanol–water partition coefficient (Wildman–Crippen LogP) is 4.61. The highest BCUT2D eigenvalue weighted by Crippen LogP contribution is 2.64. The van der Waals surface area contributed by atoms with E-state index in [4.69, 9.17) is 0 Å². The number of amides is 1. The topological polar surface area (TPSA) is 46.9 Å². The van der Waals surface area contributed by atoms with Crippen LogP contribution in [0.1, 0.15) is 72.1 Å². The number of alkyl halides is 2. The van der Waals surface area contributed by atoms with E-state index in [2.05, 4.69) is 30.3 Å². The zero-order valence-corrected chi connectivity index (χ0v) is 14.5. The number of carbonyl (C=O) groups is 1. The van der Waals surface area contributed by atoms with Gasteiger partial charge in [-0.3, -0.25) is 9.48 Å². The number of anilines is 1. The second kappa shape index (κ2) is 5.38. The number of hydrogen-bond donors (Lipinski definition) is 1. The Morgan fingerprint density at radius 2 is 1.96 bits per heavy atom. The normalized spacial score (nSPS) is 23.1. The van der Waals surface area contributed by atoms with E-state index < -0.39 is 18.0 Å². The Balaban J connectivity index is 1.62. The van der Waals surface area contributed by atoms with Crippen LogP contribution in [0.25, 0.3) is 0 Å². The molecule has 4 nitrogen and oxygen atoms in total. The molecular formula is C19H21F2N3O. The van der Waals surface area contributed by atoms with E-state index in [1.807, 2.05) is 12.1 Å². The van der Waals surface area contributed by atoms with Gasteiger partial charge < -0.3 is 5.32 Å². The van der Waals surface area contributed by atoms with Crippen LogP contribution in [0.2, 0.25) is 0 Å². The van der Waals surface area contributed by atoms with E-state index in [0.717, 1.165) is 0 Å². The molecule has 6 heteroatoms. The van der Waals surface area contributed by atoms with Gasteiger partial charge in [0, 0.05) is 18.9 Å². The number of aromatic nitrogens is 2. The van der Waals surface area contributed by atoms with Gasteiger partial charge in [-0.25, -0.2) is 8.78 Å². The fraction of sp³-hybridized carbons (Fsp3) is 0.474. The van der Waals surface area contributed by atoms with E-state index in [9.17, 15) is 13.6 Å². The number of carbonyl (C=O) groups excluding carboxylic acids is 1. The lowest BCUT2D eigenvalue weighted by Crippen LogP contribution is -2.14. The fourth-order valence-corrected chi connectivity index (χ4v) is 4.74. The van der Waals surface area contributed by atoms with Crippen molar-refractivity contribution in [1.29, 1.82) is 0 Å². The summed E-state index contributed by atoms with van der Waals surface area (Å²) in [6.45, 7) is 4.61. The standard InChI is InChI=1S/C19H21F2N3O/c1-19(2)14-6-7-15(19)12-8-10(4-5-11(12)14)22-18(25)13-9-24(3)23-16(13)17(20)21/h4-5,8-9,14-15,17H,6-7H2,1-3H3,(H,22,25). The van der Waals surface area contributed by atoms with Crippen molar-refractivity contribution in [2.75, 3.05) is 5.32 Å². The number of rotatable bonds is 3. The zero-order valence-electron chi connectivity index (χ0n) is 14.5. The Hall–Kier alpha value is -2.24. The molecule has 1 saturated carbocycles. The highest BCUT2D eigenvalue weighted by Gasteiger charge is 2.51. The minimum absolute atomic E-state index is 0.0835. The highest BCUT2D eigenvalue weighted by atomic mass is 19.3. The lowest BCUT2D eigenvalue weighted by atomic mass is 9.80. The van der Waals surface area contributed by atoms with Gasteiger partial charge in [-0.1, -0.05) is 19.9 Å². The molecule has 2 aliphatic carbocycles. The van der Waals surface area contributed by atoms with E-state index in [-0.39, 0.29) is 11.0 Å². The summed E-state index contributed by atoms with van der Waals surface area (Å²) in [5, 5.41) is 6.44. The summed E-state index contributed by atoms with van der Waals surface area (Å²) in [7, 11) is 1.52. The van der Waals surface area contributed by atoms with E-state index in [0.29, 0.717) is 17.5 Å². The Morgan fingerprint density at radius 3 is 2.64 bits per heavy atom. The van der Waals surface area contributed by atoms with Crippen molar-refractivity contribution in [2.24, 2.45) is 12.5 Å². The lowest BCUT2D eigenvalue weighted by Gasteiger charge is -2.24. The first-order valence-electron chi connectivity index (χ1n) is 8.56. The summed E-state index contributed by atoms with van der Waals surface area (Å²) < 4.78 is 27.3. The van der Waals surface area contributed by atoms with Crippen molar-refractivity contribution in [3.8, 4) is 0 Å². The first-order chi connectivity index (χ1) is 11.8. The van der Waals surface area contributed by atoms with Gasteiger partial charge in [-0.2, -0.15) is 5.10 Å². The van der Waals surface area contributed by atoms with Crippen LogP contribution in [-0.2, 0) is 7.05 Å². The molecule has 2 atom stereocenters. The number of halogens is 2. The maximum Gasteiger partial charge on any atom is 0.282 e. The van der Waals surface area contributed by atoms with Gasteiger partial charge in [0.05, 0.1) is 5.56 Å². The molecule has 2 aliphatic rings. The van der Waals surface area contributed by atoms with Crippen LogP contribution in [0.3, 0.4) is 0 Å². The molecule has 1 aromatic heterocycles. The van der Waals surface area contributed by atoms with Gasteiger partial charge in [-0.05, 0) is 53.4 Å². The predicted molar refractivity (Wildman–Crippen MR) is 91.1 cm³/mol. The van der Waals surface area contributed by atoms with Crippen molar-refractivity contribution >= 4 is 11.6 Å². The first-order valence-corrected chi connectivity index (χ1v) is 8.56. The molecule has 0 saturated heterocycles.